The molecular weight excluding hydrogens is 147 g/mol. The average molecular weight is 158 g/mol. The van der Waals surface area contributed by atoms with Crippen LogP contribution in [0.4, 0.5) is 0 Å². The van der Waals surface area contributed by atoms with Gasteiger partial charge in [-0.1, -0.05) is 6.92 Å². The van der Waals surface area contributed by atoms with E-state index < -0.39 is 6.29 Å². The van der Waals surface area contributed by atoms with Crippen molar-refractivity contribution in [3.8, 4) is 0 Å². The van der Waals surface area contributed by atoms with E-state index in [0.717, 1.165) is 0 Å². The van der Waals surface area contributed by atoms with E-state index in [0.29, 0.717) is 13.2 Å². The molecule has 0 saturated heterocycles. The Labute approximate surface area is 98.1 Å². The monoisotopic (exact) mass is 158 g/mol. The molecule has 0 spiro atoms. The Hall–Kier alpha value is 1.52. The van der Waals surface area contributed by atoms with Crippen LogP contribution in [0.3, 0.4) is 0 Å². The van der Waals surface area contributed by atoms with Gasteiger partial charge in [-0.2, -0.15) is 0 Å². The van der Waals surface area contributed by atoms with Crippen molar-refractivity contribution in [3.05, 3.63) is 0 Å². The van der Waals surface area contributed by atoms with Gasteiger partial charge in [-0.05, 0) is 6.29 Å². The third-order valence-corrected chi connectivity index (χ3v) is 0.640. The standard InChI is InChI=1S/C5H11O3.K/c1-5(6)8-4-3-7-2;/h5H,3-4H2,1-2H3;/q-1;+1. The van der Waals surface area contributed by atoms with Crippen LogP contribution in [0.5, 0.6) is 0 Å². The molecule has 0 aromatic rings. The fourth-order valence-corrected chi connectivity index (χ4v) is 0.297. The first-order valence-corrected chi connectivity index (χ1v) is 2.53. The fraction of sp³-hybridized carbons (Fsp3) is 1.00. The van der Waals surface area contributed by atoms with Crippen LogP contribution in [0.25, 0.3) is 0 Å². The summed E-state index contributed by atoms with van der Waals surface area (Å²) in [5.74, 6) is 0. The molecule has 0 radical (unpaired) electrons. The fourth-order valence-electron chi connectivity index (χ4n) is 0.297. The zero-order valence-electron chi connectivity index (χ0n) is 6.22. The third kappa shape index (κ3) is 12.7. The van der Waals surface area contributed by atoms with Crippen molar-refractivity contribution in [2.24, 2.45) is 0 Å². The van der Waals surface area contributed by atoms with Gasteiger partial charge >= 0.3 is 51.4 Å². The van der Waals surface area contributed by atoms with Gasteiger partial charge < -0.3 is 14.6 Å². The molecule has 50 valence electrons. The molecule has 0 heterocycles. The van der Waals surface area contributed by atoms with Crippen LogP contribution in [0.2, 0.25) is 0 Å². The summed E-state index contributed by atoms with van der Waals surface area (Å²) >= 11 is 0. The quantitative estimate of drug-likeness (QED) is 0.241. The summed E-state index contributed by atoms with van der Waals surface area (Å²) < 4.78 is 9.23. The summed E-state index contributed by atoms with van der Waals surface area (Å²) in [4.78, 5) is 0. The number of ether oxygens (including phenoxy) is 2. The van der Waals surface area contributed by atoms with Crippen LogP contribution in [-0.4, -0.2) is 26.6 Å². The van der Waals surface area contributed by atoms with E-state index >= 15 is 0 Å². The Balaban J connectivity index is 0. The van der Waals surface area contributed by atoms with Crippen LogP contribution in [0, 0.1) is 0 Å². The minimum absolute atomic E-state index is 0. The van der Waals surface area contributed by atoms with E-state index in [9.17, 15) is 5.11 Å². The Morgan fingerprint density at radius 1 is 1.44 bits per heavy atom. The van der Waals surface area contributed by atoms with Crippen LogP contribution < -0.4 is 56.5 Å². The van der Waals surface area contributed by atoms with Crippen molar-refractivity contribution in [3.63, 3.8) is 0 Å². The van der Waals surface area contributed by atoms with Crippen LogP contribution in [0.15, 0.2) is 0 Å². The molecule has 0 N–H and O–H groups in total. The van der Waals surface area contributed by atoms with E-state index in [1.165, 1.54) is 6.92 Å². The van der Waals surface area contributed by atoms with E-state index in [1.807, 2.05) is 0 Å². The Kier molecular flexibility index (Phi) is 13.9. The molecule has 1 unspecified atom stereocenters. The van der Waals surface area contributed by atoms with E-state index in [4.69, 9.17) is 0 Å². The van der Waals surface area contributed by atoms with Crippen molar-refractivity contribution in [1.29, 1.82) is 0 Å². The zero-order chi connectivity index (χ0) is 6.41. The van der Waals surface area contributed by atoms with Gasteiger partial charge in [0.2, 0.25) is 0 Å². The number of hydrogen-bond donors (Lipinski definition) is 0. The van der Waals surface area contributed by atoms with Crippen molar-refractivity contribution < 1.29 is 66.0 Å². The molecule has 9 heavy (non-hydrogen) atoms. The van der Waals surface area contributed by atoms with Crippen molar-refractivity contribution >= 4 is 0 Å². The summed E-state index contributed by atoms with van der Waals surface area (Å²) in [6, 6.07) is 0. The molecule has 0 fully saturated rings. The smallest absolute Gasteiger partial charge is 0.831 e. The van der Waals surface area contributed by atoms with Gasteiger partial charge in [0, 0.05) is 7.11 Å². The third-order valence-electron chi connectivity index (χ3n) is 0.640. The summed E-state index contributed by atoms with van der Waals surface area (Å²) in [5.41, 5.74) is 0. The molecule has 0 aliphatic rings. The molecule has 4 heteroatoms. The maximum absolute atomic E-state index is 10.1. The molecule has 0 aliphatic heterocycles. The molecule has 3 nitrogen and oxygen atoms in total. The number of hydrogen-bond acceptors (Lipinski definition) is 3. The predicted octanol–water partition coefficient (Wildman–Crippen LogP) is -3.64. The number of methoxy groups -OCH3 is 1. The van der Waals surface area contributed by atoms with Gasteiger partial charge in [-0.3, -0.25) is 0 Å². The minimum atomic E-state index is -0.926. The molecule has 0 aromatic carbocycles. The Bertz CT molecular complexity index is 49.5. The van der Waals surface area contributed by atoms with Crippen LogP contribution >= 0.6 is 0 Å². The molecule has 0 aromatic heterocycles. The first kappa shape index (κ1) is 13.1. The zero-order valence-corrected chi connectivity index (χ0v) is 9.34. The summed E-state index contributed by atoms with van der Waals surface area (Å²) in [7, 11) is 1.57. The summed E-state index contributed by atoms with van der Waals surface area (Å²) in [6.45, 7) is 2.34. The molecular formula is C5H11KO3. The van der Waals surface area contributed by atoms with Gasteiger partial charge in [0.05, 0.1) is 13.2 Å². The van der Waals surface area contributed by atoms with Gasteiger partial charge in [0.1, 0.15) is 0 Å². The van der Waals surface area contributed by atoms with Crippen molar-refractivity contribution in [2.45, 2.75) is 13.2 Å². The maximum Gasteiger partial charge on any atom is 1.00 e. The normalized spacial score (nSPS) is 12.3. The first-order valence-electron chi connectivity index (χ1n) is 2.53. The van der Waals surface area contributed by atoms with Gasteiger partial charge in [0.15, 0.2) is 0 Å². The molecule has 0 saturated carbocycles. The minimum Gasteiger partial charge on any atom is -0.831 e. The summed E-state index contributed by atoms with van der Waals surface area (Å²) in [5, 5.41) is 10.1. The second-order valence-electron chi connectivity index (χ2n) is 1.43. The van der Waals surface area contributed by atoms with Crippen molar-refractivity contribution in [1.82, 2.24) is 0 Å². The summed E-state index contributed by atoms with van der Waals surface area (Å²) in [6.07, 6.45) is -0.926. The van der Waals surface area contributed by atoms with Gasteiger partial charge in [-0.25, -0.2) is 0 Å². The largest absolute Gasteiger partial charge is 1.00 e. The Morgan fingerprint density at radius 2 is 2.00 bits per heavy atom. The predicted molar refractivity (Wildman–Crippen MR) is 27.3 cm³/mol. The van der Waals surface area contributed by atoms with E-state index in [2.05, 4.69) is 9.47 Å². The molecule has 0 aliphatic carbocycles. The topological polar surface area (TPSA) is 41.5 Å². The second-order valence-corrected chi connectivity index (χ2v) is 1.43. The first-order chi connectivity index (χ1) is 3.77. The SMILES string of the molecule is COCCOC(C)[O-].[K+]. The molecule has 0 bridgehead atoms. The van der Waals surface area contributed by atoms with E-state index in [1.54, 1.807) is 7.11 Å². The molecule has 0 rings (SSSR count). The van der Waals surface area contributed by atoms with E-state index in [-0.39, 0.29) is 51.4 Å². The van der Waals surface area contributed by atoms with Crippen LogP contribution in [0.1, 0.15) is 6.92 Å². The van der Waals surface area contributed by atoms with Gasteiger partial charge in [-0.15, -0.1) is 0 Å². The maximum atomic E-state index is 10.1. The van der Waals surface area contributed by atoms with Crippen LogP contribution in [-0.2, 0) is 9.47 Å². The Morgan fingerprint density at radius 3 is 2.33 bits per heavy atom. The molecule has 1 atom stereocenters. The average Bonchev–Trinajstić information content (AvgIpc) is 1.66. The number of rotatable bonds is 4. The van der Waals surface area contributed by atoms with Crippen molar-refractivity contribution in [2.75, 3.05) is 20.3 Å². The van der Waals surface area contributed by atoms with Gasteiger partial charge in [0.25, 0.3) is 0 Å². The second kappa shape index (κ2) is 9.52. The molecule has 0 amide bonds.